The fourth-order valence-electron chi connectivity index (χ4n) is 8.90. The molecule has 0 aliphatic carbocycles. The number of carbonyl (C=O) groups is 3. The molecule has 52 heavy (non-hydrogen) atoms. The summed E-state index contributed by atoms with van der Waals surface area (Å²) in [5.74, 6) is 0.0872. The van der Waals surface area contributed by atoms with Crippen LogP contribution < -0.4 is 24.3 Å². The number of hydrogen-bond donors (Lipinski definition) is 2. The Labute approximate surface area is 304 Å². The van der Waals surface area contributed by atoms with E-state index in [1.165, 1.54) is 25.8 Å². The van der Waals surface area contributed by atoms with Crippen molar-refractivity contribution in [2.24, 2.45) is 0 Å². The molecule has 6 heterocycles. The number of amides is 1. The number of piperazine rings is 1. The summed E-state index contributed by atoms with van der Waals surface area (Å²) < 4.78 is 29.9. The molecule has 1 amide bonds. The third kappa shape index (κ3) is 5.08. The van der Waals surface area contributed by atoms with Gasteiger partial charge in [-0.05, 0) is 50.6 Å². The number of aromatic hydroxyl groups is 1. The number of nitrogens with zero attached hydrogens (tertiary/aromatic N) is 3. The van der Waals surface area contributed by atoms with E-state index in [1.54, 1.807) is 37.3 Å². The van der Waals surface area contributed by atoms with Gasteiger partial charge < -0.3 is 34.1 Å². The zero-order chi connectivity index (χ0) is 36.6. The van der Waals surface area contributed by atoms with Crippen LogP contribution in [0.15, 0.2) is 36.4 Å². The fraction of sp³-hybridized carbons (Fsp3) is 0.421. The van der Waals surface area contributed by atoms with Gasteiger partial charge >= 0.3 is 11.9 Å². The zero-order valence-electron chi connectivity index (χ0n) is 29.3. The molecule has 2 fully saturated rings. The molecule has 1 unspecified atom stereocenters. The summed E-state index contributed by atoms with van der Waals surface area (Å²) >= 11 is 1.39. The first kappa shape index (κ1) is 34.1. The highest BCUT2D eigenvalue weighted by Crippen LogP contribution is 2.64. The lowest BCUT2D eigenvalue weighted by Gasteiger charge is -2.61. The van der Waals surface area contributed by atoms with Gasteiger partial charge in [-0.15, -0.1) is 11.8 Å². The quantitative estimate of drug-likeness (QED) is 0.294. The van der Waals surface area contributed by atoms with Gasteiger partial charge in [-0.25, -0.2) is 4.79 Å². The van der Waals surface area contributed by atoms with Crippen LogP contribution in [0.2, 0.25) is 0 Å². The molecule has 14 heteroatoms. The van der Waals surface area contributed by atoms with Crippen molar-refractivity contribution in [2.75, 3.05) is 33.3 Å². The van der Waals surface area contributed by atoms with Crippen molar-refractivity contribution in [1.82, 2.24) is 15.1 Å². The number of likely N-dealkylation sites (N-methyl/N-ethyl adjacent to an activating group) is 1. The number of esters is 2. The highest BCUT2D eigenvalue weighted by atomic mass is 32.2. The number of benzene rings is 3. The van der Waals surface area contributed by atoms with Gasteiger partial charge in [-0.3, -0.25) is 19.4 Å². The first-order valence-corrected chi connectivity index (χ1v) is 18.2. The van der Waals surface area contributed by atoms with Crippen LogP contribution in [-0.2, 0) is 20.7 Å². The molecule has 270 valence electrons. The number of thioether (sulfide) groups is 1. The van der Waals surface area contributed by atoms with Crippen LogP contribution in [-0.4, -0.2) is 90.2 Å². The van der Waals surface area contributed by atoms with E-state index in [2.05, 4.69) is 21.2 Å². The SMILES string of the molecule is COc1c(C)cc2c(c1O)[C@@H]1C3[C@@H]4SC[C@H](NC(=O)c5ccccc5)C(=O)OC[C@H](c5c6c(c(C)c(OC(C)=O)c54)OCO6)N3[C@@H](C#N)[C@@H](C2)N1C. The van der Waals surface area contributed by atoms with E-state index in [9.17, 15) is 24.8 Å². The Balaban J connectivity index is 1.36. The number of methoxy groups -OCH3 is 1. The van der Waals surface area contributed by atoms with E-state index in [1.807, 2.05) is 20.0 Å². The first-order valence-electron chi connectivity index (χ1n) is 17.1. The number of carbonyl (C=O) groups excluding carboxylic acids is 3. The minimum absolute atomic E-state index is 0.0304. The molecule has 7 atom stereocenters. The Morgan fingerprint density at radius 3 is 2.54 bits per heavy atom. The fourth-order valence-corrected chi connectivity index (χ4v) is 10.4. The zero-order valence-corrected chi connectivity index (χ0v) is 30.1. The molecule has 0 spiro atoms. The summed E-state index contributed by atoms with van der Waals surface area (Å²) in [6, 6.07) is 9.46. The maximum Gasteiger partial charge on any atom is 0.329 e. The Bertz CT molecular complexity index is 2050. The summed E-state index contributed by atoms with van der Waals surface area (Å²) in [6.45, 7) is 4.75. The predicted molar refractivity (Wildman–Crippen MR) is 188 cm³/mol. The van der Waals surface area contributed by atoms with Gasteiger partial charge in [0.1, 0.15) is 24.4 Å². The van der Waals surface area contributed by atoms with E-state index in [4.69, 9.17) is 23.7 Å². The van der Waals surface area contributed by atoms with Crippen LogP contribution in [0.1, 0.15) is 68.0 Å². The van der Waals surface area contributed by atoms with Gasteiger partial charge in [0.2, 0.25) is 6.79 Å². The summed E-state index contributed by atoms with van der Waals surface area (Å²) in [4.78, 5) is 44.2. The lowest BCUT2D eigenvalue weighted by molar-refractivity contribution is -0.151. The minimum atomic E-state index is -1.03. The molecule has 2 N–H and O–H groups in total. The van der Waals surface area contributed by atoms with Crippen molar-refractivity contribution in [3.8, 4) is 34.8 Å². The molecule has 13 nitrogen and oxygen atoms in total. The minimum Gasteiger partial charge on any atom is -0.504 e. The van der Waals surface area contributed by atoms with Crippen LogP contribution >= 0.6 is 11.8 Å². The number of phenols is 1. The molecule has 0 saturated carbocycles. The highest BCUT2D eigenvalue weighted by Gasteiger charge is 2.60. The number of hydrogen-bond acceptors (Lipinski definition) is 13. The number of rotatable bonds is 4. The second-order valence-electron chi connectivity index (χ2n) is 13.8. The molecule has 0 radical (unpaired) electrons. The van der Waals surface area contributed by atoms with Gasteiger partial charge in [-0.1, -0.05) is 24.3 Å². The average molecular weight is 727 g/mol. The second-order valence-corrected chi connectivity index (χ2v) is 14.9. The molecule has 3 aromatic carbocycles. The number of ether oxygens (including phenoxy) is 5. The summed E-state index contributed by atoms with van der Waals surface area (Å²) in [6.07, 6.45) is 0.483. The van der Waals surface area contributed by atoms with Gasteiger partial charge in [-0.2, -0.15) is 5.26 Å². The third-order valence-electron chi connectivity index (χ3n) is 11.0. The number of fused-ring (bicyclic) bond motifs is 10. The lowest BCUT2D eigenvalue weighted by Crippen LogP contribution is -2.69. The molecular weight excluding hydrogens is 689 g/mol. The molecular formula is C38H38N4O9S. The normalized spacial score (nSPS) is 27.3. The van der Waals surface area contributed by atoms with E-state index >= 15 is 0 Å². The maximum atomic E-state index is 13.8. The monoisotopic (exact) mass is 726 g/mol. The largest absolute Gasteiger partial charge is 0.504 e. The number of aryl methyl sites for hydroxylation is 1. The lowest BCUT2D eigenvalue weighted by atomic mass is 9.71. The van der Waals surface area contributed by atoms with E-state index in [0.29, 0.717) is 57.2 Å². The summed E-state index contributed by atoms with van der Waals surface area (Å²) in [5, 5.41) is 25.2. The van der Waals surface area contributed by atoms with Crippen LogP contribution in [0.25, 0.3) is 0 Å². The van der Waals surface area contributed by atoms with Crippen molar-refractivity contribution in [3.63, 3.8) is 0 Å². The van der Waals surface area contributed by atoms with Gasteiger partial charge in [0.15, 0.2) is 23.0 Å². The van der Waals surface area contributed by atoms with Crippen molar-refractivity contribution < 1.29 is 43.2 Å². The summed E-state index contributed by atoms with van der Waals surface area (Å²) in [5.41, 5.74) is 4.64. The van der Waals surface area contributed by atoms with E-state index in [-0.39, 0.29) is 30.9 Å². The average Bonchev–Trinajstić information content (AvgIpc) is 3.62. The van der Waals surface area contributed by atoms with Crippen molar-refractivity contribution in [1.29, 1.82) is 5.26 Å². The van der Waals surface area contributed by atoms with Gasteiger partial charge in [0, 0.05) is 52.6 Å². The molecule has 0 aromatic heterocycles. The predicted octanol–water partition coefficient (Wildman–Crippen LogP) is 4.03. The molecule has 4 bridgehead atoms. The second kappa shape index (κ2) is 12.9. The third-order valence-corrected chi connectivity index (χ3v) is 12.4. The number of nitriles is 1. The standard InChI is InChI=1S/C38H38N4O9S/c1-17-11-21-12-23-24(13-39)42-25-14-48-38(46)22(40-37(45)20-9-7-6-8-10-20)15-52-36(30(42)29(41(23)4)26(21)31(44)32(17)47-5)28-27(25)35-34(49-16-50-35)18(2)33(28)51-19(3)43/h6-11,22-25,29-30,36,44H,12,14-16H2,1-5H3,(H,40,45)/t22-,23+,24-,25+,29+,30?,36+/m0/s1. The number of nitrogens with one attached hydrogen (secondary N) is 1. The molecule has 2 saturated heterocycles. The van der Waals surface area contributed by atoms with E-state index < -0.39 is 53.3 Å². The molecule has 6 aliphatic rings. The van der Waals surface area contributed by atoms with Crippen LogP contribution in [0.4, 0.5) is 0 Å². The Kier molecular flexibility index (Phi) is 8.47. The summed E-state index contributed by atoms with van der Waals surface area (Å²) in [7, 11) is 3.49. The Morgan fingerprint density at radius 1 is 1.08 bits per heavy atom. The van der Waals surface area contributed by atoms with Crippen LogP contribution in [0.3, 0.4) is 0 Å². The highest BCUT2D eigenvalue weighted by molar-refractivity contribution is 7.99. The number of phenolic OH excluding ortho intramolecular Hbond substituents is 1. The molecule has 3 aromatic rings. The van der Waals surface area contributed by atoms with Crippen LogP contribution in [0.5, 0.6) is 28.7 Å². The van der Waals surface area contributed by atoms with Crippen LogP contribution in [0, 0.1) is 25.2 Å². The van der Waals surface area contributed by atoms with Gasteiger partial charge in [0.05, 0.1) is 30.5 Å². The van der Waals surface area contributed by atoms with Crippen molar-refractivity contribution in [2.45, 2.75) is 68.7 Å². The van der Waals surface area contributed by atoms with E-state index in [0.717, 1.165) is 11.1 Å². The Morgan fingerprint density at radius 2 is 1.83 bits per heavy atom. The van der Waals surface area contributed by atoms with Crippen molar-refractivity contribution in [3.05, 3.63) is 75.3 Å². The smallest absolute Gasteiger partial charge is 0.329 e. The van der Waals surface area contributed by atoms with Gasteiger partial charge in [0.25, 0.3) is 5.91 Å². The first-order chi connectivity index (χ1) is 25.0. The molecule has 9 rings (SSSR count). The molecule has 6 aliphatic heterocycles. The maximum absolute atomic E-state index is 13.8. The van der Waals surface area contributed by atoms with Crippen molar-refractivity contribution >= 4 is 29.6 Å². The Hall–Kier alpha value is -4.97. The topological polar surface area (TPSA) is 160 Å².